The third-order valence-corrected chi connectivity index (χ3v) is 3.74. The molecule has 6 nitrogen and oxygen atoms in total. The summed E-state index contributed by atoms with van der Waals surface area (Å²) in [5.41, 5.74) is 2.39. The molecule has 0 unspecified atom stereocenters. The first-order chi connectivity index (χ1) is 12.0. The van der Waals surface area contributed by atoms with Crippen LogP contribution in [-0.4, -0.2) is 25.7 Å². The van der Waals surface area contributed by atoms with Crippen molar-refractivity contribution in [1.29, 1.82) is 0 Å². The van der Waals surface area contributed by atoms with E-state index in [1.54, 1.807) is 11.6 Å². The maximum absolute atomic E-state index is 12.8. The second-order valence-electron chi connectivity index (χ2n) is 5.93. The molecule has 1 amide bonds. The number of hydrogen-bond donors (Lipinski definition) is 1. The van der Waals surface area contributed by atoms with E-state index < -0.39 is 11.9 Å². The molecule has 7 heteroatoms. The number of nitrogens with one attached hydrogen (secondary N) is 1. The topological polar surface area (TPSA) is 72.7 Å². The molecule has 0 aliphatic rings. The molecule has 0 aliphatic carbocycles. The third kappa shape index (κ3) is 3.55. The number of anilines is 1. The highest BCUT2D eigenvalue weighted by Crippen LogP contribution is 2.23. The summed E-state index contributed by atoms with van der Waals surface area (Å²) < 4.78 is 14.5. The van der Waals surface area contributed by atoms with Crippen molar-refractivity contribution in [3.63, 3.8) is 0 Å². The Balaban J connectivity index is 1.90. The maximum atomic E-state index is 12.8. The van der Waals surface area contributed by atoms with Crippen LogP contribution >= 0.6 is 0 Å². The van der Waals surface area contributed by atoms with Gasteiger partial charge in [0.15, 0.2) is 0 Å². The lowest BCUT2D eigenvalue weighted by molar-refractivity contribution is 0.101. The molecular weight excluding hydrogens is 321 g/mol. The highest BCUT2D eigenvalue weighted by Gasteiger charge is 2.17. The number of benzene rings is 1. The number of amides is 1. The minimum Gasteiger partial charge on any atom is -0.318 e. The minimum absolute atomic E-state index is 0.0420. The van der Waals surface area contributed by atoms with E-state index in [1.165, 1.54) is 18.3 Å². The molecule has 25 heavy (non-hydrogen) atoms. The molecule has 0 saturated heterocycles. The van der Waals surface area contributed by atoms with Gasteiger partial charge in [0.2, 0.25) is 11.8 Å². The van der Waals surface area contributed by atoms with E-state index in [4.69, 9.17) is 0 Å². The molecule has 2 aromatic heterocycles. The molecular formula is C18H18FN5O. The average molecular weight is 339 g/mol. The van der Waals surface area contributed by atoms with Gasteiger partial charge in [-0.05, 0) is 36.6 Å². The molecule has 0 spiro atoms. The van der Waals surface area contributed by atoms with E-state index in [2.05, 4.69) is 34.2 Å². The van der Waals surface area contributed by atoms with Gasteiger partial charge in [-0.15, -0.1) is 5.10 Å². The van der Waals surface area contributed by atoms with Gasteiger partial charge in [-0.2, -0.15) is 4.39 Å². The number of carbonyl (C=O) groups is 1. The predicted molar refractivity (Wildman–Crippen MR) is 92.3 cm³/mol. The smallest absolute Gasteiger partial charge is 0.295 e. The third-order valence-electron chi connectivity index (χ3n) is 3.74. The Morgan fingerprint density at radius 2 is 1.96 bits per heavy atom. The summed E-state index contributed by atoms with van der Waals surface area (Å²) in [5.74, 6) is -0.128. The summed E-state index contributed by atoms with van der Waals surface area (Å²) in [7, 11) is 0. The molecule has 2 heterocycles. The van der Waals surface area contributed by atoms with Gasteiger partial charge < -0.3 is 5.32 Å². The molecule has 1 N–H and O–H groups in total. The number of nitrogens with zero attached hydrogens (tertiary/aromatic N) is 4. The predicted octanol–water partition coefficient (Wildman–Crippen LogP) is 3.49. The lowest BCUT2D eigenvalue weighted by Gasteiger charge is -2.12. The van der Waals surface area contributed by atoms with E-state index in [1.807, 2.05) is 24.3 Å². The van der Waals surface area contributed by atoms with Crippen molar-refractivity contribution in [3.05, 3.63) is 65.8 Å². The number of aryl methyl sites for hydroxylation is 1. The van der Waals surface area contributed by atoms with Crippen LogP contribution in [0.25, 0.3) is 5.69 Å². The number of para-hydroxylation sites is 1. The fraction of sp³-hybridized carbons (Fsp3) is 0.222. The lowest BCUT2D eigenvalue weighted by atomic mass is 10.0. The number of rotatable bonds is 4. The number of hydrogen-bond acceptors (Lipinski definition) is 4. The second-order valence-corrected chi connectivity index (χ2v) is 5.93. The Morgan fingerprint density at radius 1 is 1.20 bits per heavy atom. The monoisotopic (exact) mass is 339 g/mol. The van der Waals surface area contributed by atoms with E-state index in [0.717, 1.165) is 11.3 Å². The molecule has 0 fully saturated rings. The normalized spacial score (nSPS) is 10.9. The summed E-state index contributed by atoms with van der Waals surface area (Å²) >= 11 is 0. The zero-order chi connectivity index (χ0) is 18.0. The molecule has 0 saturated carbocycles. The lowest BCUT2D eigenvalue weighted by Crippen LogP contribution is -2.14. The Labute approximate surface area is 144 Å². The van der Waals surface area contributed by atoms with E-state index in [-0.39, 0.29) is 5.82 Å². The molecule has 128 valence electrons. The highest BCUT2D eigenvalue weighted by atomic mass is 19.1. The first-order valence-corrected chi connectivity index (χ1v) is 7.91. The average Bonchev–Trinajstić information content (AvgIpc) is 2.98. The molecule has 0 atom stereocenters. The van der Waals surface area contributed by atoms with Gasteiger partial charge in [0.25, 0.3) is 5.91 Å². The van der Waals surface area contributed by atoms with Crippen LogP contribution in [0.1, 0.15) is 41.8 Å². The van der Waals surface area contributed by atoms with Gasteiger partial charge in [0.1, 0.15) is 5.82 Å². The molecule has 0 radical (unpaired) electrons. The standard InChI is InChI=1S/C18H18FN5O/c1-11(2)14-6-4-5-7-15(14)24-12(3)21-17(23-24)18(25)22-13-8-9-16(19)20-10-13/h4-11H,1-3H3,(H,22,25). The Bertz CT molecular complexity index is 902. The summed E-state index contributed by atoms with van der Waals surface area (Å²) in [4.78, 5) is 20.1. The summed E-state index contributed by atoms with van der Waals surface area (Å²) in [6.07, 6.45) is 1.24. The first-order valence-electron chi connectivity index (χ1n) is 7.91. The quantitative estimate of drug-likeness (QED) is 0.739. The van der Waals surface area contributed by atoms with Crippen LogP contribution in [0, 0.1) is 12.9 Å². The van der Waals surface area contributed by atoms with Crippen molar-refractivity contribution in [3.8, 4) is 5.69 Å². The van der Waals surface area contributed by atoms with Crippen LogP contribution in [0.15, 0.2) is 42.6 Å². The van der Waals surface area contributed by atoms with Gasteiger partial charge in [0.05, 0.1) is 17.6 Å². The molecule has 1 aromatic carbocycles. The first kappa shape index (κ1) is 16.8. The van der Waals surface area contributed by atoms with Crippen molar-refractivity contribution in [2.24, 2.45) is 0 Å². The van der Waals surface area contributed by atoms with Crippen LogP contribution in [0.4, 0.5) is 10.1 Å². The number of pyridine rings is 1. The second kappa shape index (κ2) is 6.80. The van der Waals surface area contributed by atoms with E-state index in [0.29, 0.717) is 17.4 Å². The Hall–Kier alpha value is -3.09. The fourth-order valence-electron chi connectivity index (χ4n) is 2.52. The molecule has 0 bridgehead atoms. The van der Waals surface area contributed by atoms with Crippen LogP contribution in [0.5, 0.6) is 0 Å². The summed E-state index contributed by atoms with van der Waals surface area (Å²) in [6, 6.07) is 10.5. The minimum atomic E-state index is -0.610. The van der Waals surface area contributed by atoms with Gasteiger partial charge in [-0.1, -0.05) is 32.0 Å². The molecule has 3 rings (SSSR count). The van der Waals surface area contributed by atoms with E-state index in [9.17, 15) is 9.18 Å². The Kier molecular flexibility index (Phi) is 4.56. The van der Waals surface area contributed by atoms with Crippen LogP contribution in [0.2, 0.25) is 0 Å². The number of aromatic nitrogens is 4. The van der Waals surface area contributed by atoms with Crippen molar-refractivity contribution >= 4 is 11.6 Å². The Morgan fingerprint density at radius 3 is 2.64 bits per heavy atom. The van der Waals surface area contributed by atoms with Gasteiger partial charge in [-0.3, -0.25) is 4.79 Å². The van der Waals surface area contributed by atoms with E-state index >= 15 is 0 Å². The number of halogens is 1. The fourth-order valence-corrected chi connectivity index (χ4v) is 2.52. The van der Waals surface area contributed by atoms with Crippen LogP contribution in [0.3, 0.4) is 0 Å². The maximum Gasteiger partial charge on any atom is 0.295 e. The van der Waals surface area contributed by atoms with Crippen molar-refractivity contribution in [2.45, 2.75) is 26.7 Å². The zero-order valence-corrected chi connectivity index (χ0v) is 14.2. The van der Waals surface area contributed by atoms with Gasteiger partial charge in [0, 0.05) is 0 Å². The van der Waals surface area contributed by atoms with Crippen molar-refractivity contribution in [1.82, 2.24) is 19.7 Å². The summed E-state index contributed by atoms with van der Waals surface area (Å²) in [6.45, 7) is 5.99. The van der Waals surface area contributed by atoms with Crippen molar-refractivity contribution in [2.75, 3.05) is 5.32 Å². The van der Waals surface area contributed by atoms with Gasteiger partial charge >= 0.3 is 0 Å². The number of carbonyl (C=O) groups excluding carboxylic acids is 1. The molecule has 0 aliphatic heterocycles. The SMILES string of the molecule is Cc1nc(C(=O)Nc2ccc(F)nc2)nn1-c1ccccc1C(C)C. The van der Waals surface area contributed by atoms with Crippen LogP contribution in [-0.2, 0) is 0 Å². The largest absolute Gasteiger partial charge is 0.318 e. The highest BCUT2D eigenvalue weighted by molar-refractivity contribution is 6.01. The van der Waals surface area contributed by atoms with Crippen LogP contribution < -0.4 is 5.32 Å². The summed E-state index contributed by atoms with van der Waals surface area (Å²) in [5, 5.41) is 6.94. The molecule has 3 aromatic rings. The van der Waals surface area contributed by atoms with Gasteiger partial charge in [-0.25, -0.2) is 14.6 Å². The zero-order valence-electron chi connectivity index (χ0n) is 14.2. The van der Waals surface area contributed by atoms with Crippen molar-refractivity contribution < 1.29 is 9.18 Å².